The molecular weight excluding hydrogens is 513 g/mol. The van der Waals surface area contributed by atoms with Crippen LogP contribution in [0, 0.1) is 5.82 Å². The fourth-order valence-corrected chi connectivity index (χ4v) is 4.79. The summed E-state index contributed by atoms with van der Waals surface area (Å²) in [5, 5.41) is 11.2. The number of hydrogen-bond acceptors (Lipinski definition) is 8. The summed E-state index contributed by atoms with van der Waals surface area (Å²) >= 11 is 6.47. The topological polar surface area (TPSA) is 115 Å². The highest BCUT2D eigenvalue weighted by molar-refractivity contribution is 6.33. The van der Waals surface area contributed by atoms with E-state index in [0.717, 1.165) is 13.1 Å². The van der Waals surface area contributed by atoms with E-state index in [9.17, 15) is 9.59 Å². The molecule has 11 nitrogen and oxygen atoms in total. The largest absolute Gasteiger partial charge is 0.365 e. The molecule has 0 radical (unpaired) electrons. The third-order valence-corrected chi connectivity index (χ3v) is 6.49. The van der Waals surface area contributed by atoms with Gasteiger partial charge in [0.2, 0.25) is 5.95 Å². The third-order valence-electron chi connectivity index (χ3n) is 6.20. The van der Waals surface area contributed by atoms with Crippen LogP contribution in [0.4, 0.5) is 21.7 Å². The Hall–Kier alpha value is -4.03. The molecule has 0 saturated carbocycles. The van der Waals surface area contributed by atoms with E-state index in [0.29, 0.717) is 30.3 Å². The molecule has 2 N–H and O–H groups in total. The lowest BCUT2D eigenvalue weighted by atomic mass is 10.2. The van der Waals surface area contributed by atoms with Crippen molar-refractivity contribution in [3.8, 4) is 5.82 Å². The van der Waals surface area contributed by atoms with Gasteiger partial charge in [-0.05, 0) is 32.0 Å². The minimum atomic E-state index is -0.461. The molecule has 3 aromatic heterocycles. The molecule has 1 aliphatic heterocycles. The fourth-order valence-electron chi connectivity index (χ4n) is 4.46. The van der Waals surface area contributed by atoms with E-state index >= 15 is 4.39 Å². The van der Waals surface area contributed by atoms with Crippen molar-refractivity contribution in [1.82, 2.24) is 34.4 Å². The molecule has 4 heterocycles. The molecule has 198 valence electrons. The van der Waals surface area contributed by atoms with Crippen molar-refractivity contribution < 1.29 is 4.39 Å². The Bertz CT molecular complexity index is 1610. The Morgan fingerprint density at radius 1 is 1.24 bits per heavy atom. The first-order valence-electron chi connectivity index (χ1n) is 12.2. The molecule has 1 saturated heterocycles. The molecule has 13 heteroatoms. The third kappa shape index (κ3) is 4.68. The minimum Gasteiger partial charge on any atom is -0.365 e. The second kappa shape index (κ2) is 10.4. The molecule has 0 amide bonds. The lowest BCUT2D eigenvalue weighted by molar-refractivity contribution is 0.486. The highest BCUT2D eigenvalue weighted by atomic mass is 35.5. The molecular formula is C25H27ClFN9O2. The lowest BCUT2D eigenvalue weighted by Gasteiger charge is -2.30. The molecule has 1 fully saturated rings. The summed E-state index contributed by atoms with van der Waals surface area (Å²) < 4.78 is 19.3. The van der Waals surface area contributed by atoms with Crippen LogP contribution in [0.2, 0.25) is 5.02 Å². The second-order valence-electron chi connectivity index (χ2n) is 9.14. The number of nitrogens with one attached hydrogen (secondary N) is 2. The summed E-state index contributed by atoms with van der Waals surface area (Å²) in [4.78, 5) is 36.2. The van der Waals surface area contributed by atoms with Crippen LogP contribution in [-0.4, -0.2) is 55.3 Å². The summed E-state index contributed by atoms with van der Waals surface area (Å²) in [6.45, 7) is 10.4. The van der Waals surface area contributed by atoms with Crippen LogP contribution in [0.5, 0.6) is 0 Å². The summed E-state index contributed by atoms with van der Waals surface area (Å²) in [7, 11) is 0. The van der Waals surface area contributed by atoms with Crippen molar-refractivity contribution in [2.75, 3.05) is 36.4 Å². The summed E-state index contributed by atoms with van der Waals surface area (Å²) in [5.41, 5.74) is 0.371. The number of halogens is 2. The molecule has 38 heavy (non-hydrogen) atoms. The van der Waals surface area contributed by atoms with E-state index in [4.69, 9.17) is 11.6 Å². The highest BCUT2D eigenvalue weighted by Crippen LogP contribution is 2.33. The average molecular weight is 540 g/mol. The van der Waals surface area contributed by atoms with Crippen LogP contribution in [0.25, 0.3) is 16.9 Å². The van der Waals surface area contributed by atoms with Crippen molar-refractivity contribution in [3.05, 3.63) is 74.7 Å². The molecule has 1 aliphatic rings. The van der Waals surface area contributed by atoms with Crippen molar-refractivity contribution in [1.29, 1.82) is 0 Å². The quantitative estimate of drug-likeness (QED) is 0.345. The van der Waals surface area contributed by atoms with Crippen molar-refractivity contribution in [3.63, 3.8) is 0 Å². The number of fused-ring (bicyclic) bond motifs is 1. The monoisotopic (exact) mass is 539 g/mol. The predicted octanol–water partition coefficient (Wildman–Crippen LogP) is 2.85. The maximum Gasteiger partial charge on any atom is 0.278 e. The molecule has 0 bridgehead atoms. The van der Waals surface area contributed by atoms with E-state index in [1.807, 2.05) is 18.7 Å². The Kier molecular flexibility index (Phi) is 7.00. The number of benzene rings is 1. The number of nitrogens with zero attached hydrogens (tertiary/aromatic N) is 7. The van der Waals surface area contributed by atoms with Gasteiger partial charge in [-0.3, -0.25) is 9.59 Å². The van der Waals surface area contributed by atoms with Crippen molar-refractivity contribution in [2.24, 2.45) is 0 Å². The van der Waals surface area contributed by atoms with Gasteiger partial charge in [0.05, 0.1) is 23.3 Å². The van der Waals surface area contributed by atoms with Crippen molar-refractivity contribution in [2.45, 2.75) is 26.4 Å². The zero-order chi connectivity index (χ0) is 27.0. The first-order valence-corrected chi connectivity index (χ1v) is 12.6. The molecule has 0 unspecified atom stereocenters. The number of anilines is 3. The van der Waals surface area contributed by atoms with Crippen molar-refractivity contribution >= 4 is 40.0 Å². The summed E-state index contributed by atoms with van der Waals surface area (Å²) in [5.74, 6) is -0.00639. The Morgan fingerprint density at radius 3 is 2.68 bits per heavy atom. The Labute approximate surface area is 222 Å². The standard InChI is InChI=1S/C25H27ClFN9O2/c1-4-9-34-24(38)17-14-29-25(31-23(17)36(34)20-5-6-21(37)35(32-20)15(2)3)30-16-12-18(26)22(19(27)13-16)33-10-7-28-8-11-33/h4-6,12-15,28H,1,7-11H2,2-3H3,(H,29,30,31). The van der Waals surface area contributed by atoms with Crippen LogP contribution < -0.4 is 26.7 Å². The summed E-state index contributed by atoms with van der Waals surface area (Å²) in [6, 6.07) is 5.68. The van der Waals surface area contributed by atoms with Crippen LogP contribution in [-0.2, 0) is 6.54 Å². The minimum absolute atomic E-state index is 0.129. The molecule has 5 rings (SSSR count). The Balaban J connectivity index is 1.58. The first-order chi connectivity index (χ1) is 18.3. The normalized spacial score (nSPS) is 13.9. The second-order valence-corrected chi connectivity index (χ2v) is 9.54. The van der Waals surface area contributed by atoms with Crippen LogP contribution >= 0.6 is 11.6 Å². The number of aromatic nitrogens is 6. The first kappa shape index (κ1) is 25.6. The van der Waals surface area contributed by atoms with E-state index < -0.39 is 5.82 Å². The van der Waals surface area contributed by atoms with Gasteiger partial charge in [-0.25, -0.2) is 23.4 Å². The highest BCUT2D eigenvalue weighted by Gasteiger charge is 2.21. The van der Waals surface area contributed by atoms with Crippen LogP contribution in [0.15, 0.2) is 52.7 Å². The molecule has 0 atom stereocenters. The van der Waals surface area contributed by atoms with Gasteiger partial charge in [0.25, 0.3) is 11.1 Å². The Morgan fingerprint density at radius 2 is 2.00 bits per heavy atom. The number of allylic oxidation sites excluding steroid dienone is 1. The van der Waals surface area contributed by atoms with E-state index in [2.05, 4.69) is 32.3 Å². The average Bonchev–Trinajstić information content (AvgIpc) is 3.15. The molecule has 1 aromatic carbocycles. The maximum absolute atomic E-state index is 15.1. The zero-order valence-electron chi connectivity index (χ0n) is 21.0. The number of hydrogen-bond donors (Lipinski definition) is 2. The van der Waals surface area contributed by atoms with Gasteiger partial charge in [0, 0.05) is 44.1 Å². The van der Waals surface area contributed by atoms with Gasteiger partial charge in [0.1, 0.15) is 11.2 Å². The van der Waals surface area contributed by atoms with Gasteiger partial charge >= 0.3 is 0 Å². The predicted molar refractivity (Wildman–Crippen MR) is 146 cm³/mol. The smallest absolute Gasteiger partial charge is 0.278 e. The van der Waals surface area contributed by atoms with Gasteiger partial charge in [-0.1, -0.05) is 17.7 Å². The molecule has 0 aliphatic carbocycles. The molecule has 0 spiro atoms. The SMILES string of the molecule is C=CCn1c(=O)c2cnc(Nc3cc(F)c(N4CCNCC4)c(Cl)c3)nc2n1-c1ccc(=O)n(C(C)C)n1. The van der Waals surface area contributed by atoms with Gasteiger partial charge < -0.3 is 15.5 Å². The van der Waals surface area contributed by atoms with E-state index in [1.54, 1.807) is 12.1 Å². The maximum atomic E-state index is 15.1. The van der Waals surface area contributed by atoms with Crippen LogP contribution in [0.1, 0.15) is 19.9 Å². The van der Waals surface area contributed by atoms with E-state index in [1.165, 1.54) is 38.4 Å². The number of rotatable bonds is 7. The fraction of sp³-hybridized carbons (Fsp3) is 0.320. The van der Waals surface area contributed by atoms with Crippen LogP contribution in [0.3, 0.4) is 0 Å². The number of piperazine rings is 1. The van der Waals surface area contributed by atoms with E-state index in [-0.39, 0.29) is 45.7 Å². The zero-order valence-corrected chi connectivity index (χ0v) is 21.7. The van der Waals surface area contributed by atoms with Gasteiger partial charge in [0.15, 0.2) is 11.5 Å². The van der Waals surface area contributed by atoms with Gasteiger partial charge in [-0.2, -0.15) is 4.98 Å². The lowest BCUT2D eigenvalue weighted by Crippen LogP contribution is -2.44. The summed E-state index contributed by atoms with van der Waals surface area (Å²) in [6.07, 6.45) is 2.97. The van der Waals surface area contributed by atoms with Gasteiger partial charge in [-0.15, -0.1) is 11.7 Å². The molecule has 4 aromatic rings.